The van der Waals surface area contributed by atoms with Crippen LogP contribution in [0.4, 0.5) is 0 Å². The van der Waals surface area contributed by atoms with Crippen LogP contribution >= 0.6 is 0 Å². The molecule has 0 aliphatic heterocycles. The maximum absolute atomic E-state index is 2.95. The molecule has 0 saturated heterocycles. The molecule has 0 aromatic rings. The molecule has 0 aromatic heterocycles. The van der Waals surface area contributed by atoms with E-state index in [4.69, 9.17) is 0 Å². The zero-order valence-corrected chi connectivity index (χ0v) is 15.8. The van der Waals surface area contributed by atoms with Gasteiger partial charge < -0.3 is 0 Å². The fourth-order valence-electron chi connectivity index (χ4n) is 3.26. The molecule has 110 valence electrons. The standard InChI is InChI=1S/C16H37GeN/c1-6-11-14-17(15-12-7-2,16-13-8-3)18(9-4)10-5/h6-16H2,1-5H3. The molecule has 0 spiro atoms. The van der Waals surface area contributed by atoms with Crippen molar-refractivity contribution in [1.82, 2.24) is 3.86 Å². The summed E-state index contributed by atoms with van der Waals surface area (Å²) in [5.74, 6) is 0. The van der Waals surface area contributed by atoms with E-state index in [2.05, 4.69) is 38.5 Å². The summed E-state index contributed by atoms with van der Waals surface area (Å²) in [6.45, 7) is 14.4. The van der Waals surface area contributed by atoms with Crippen molar-refractivity contribution in [2.24, 2.45) is 0 Å². The summed E-state index contributed by atoms with van der Waals surface area (Å²) < 4.78 is 2.95. The van der Waals surface area contributed by atoms with Crippen molar-refractivity contribution in [3.8, 4) is 0 Å². The van der Waals surface area contributed by atoms with Gasteiger partial charge in [0, 0.05) is 0 Å². The number of nitrogens with zero attached hydrogens (tertiary/aromatic N) is 1. The Kier molecular flexibility index (Phi) is 11.7. The van der Waals surface area contributed by atoms with Crippen LogP contribution in [0.25, 0.3) is 0 Å². The van der Waals surface area contributed by atoms with Crippen molar-refractivity contribution in [3.63, 3.8) is 0 Å². The third-order valence-corrected chi connectivity index (χ3v) is 16.6. The Hall–Kier alpha value is 0.503. The van der Waals surface area contributed by atoms with Crippen LogP contribution in [0, 0.1) is 0 Å². The van der Waals surface area contributed by atoms with Gasteiger partial charge in [0.25, 0.3) is 0 Å². The van der Waals surface area contributed by atoms with Crippen molar-refractivity contribution in [2.75, 3.05) is 13.1 Å². The predicted molar refractivity (Wildman–Crippen MR) is 87.8 cm³/mol. The van der Waals surface area contributed by atoms with Gasteiger partial charge in [0.05, 0.1) is 0 Å². The molecule has 0 rings (SSSR count). The normalized spacial score (nSPS) is 12.3. The van der Waals surface area contributed by atoms with Crippen molar-refractivity contribution >= 4 is 13.5 Å². The first-order valence-electron chi connectivity index (χ1n) is 8.45. The summed E-state index contributed by atoms with van der Waals surface area (Å²) in [6.07, 6.45) is 8.57. The fourth-order valence-corrected chi connectivity index (χ4v) is 16.0. The van der Waals surface area contributed by atoms with Crippen molar-refractivity contribution in [3.05, 3.63) is 0 Å². The van der Waals surface area contributed by atoms with Crippen LogP contribution in [-0.2, 0) is 0 Å². The Morgan fingerprint density at radius 2 is 0.944 bits per heavy atom. The van der Waals surface area contributed by atoms with Gasteiger partial charge in [-0.2, -0.15) is 0 Å². The van der Waals surface area contributed by atoms with E-state index in [1.807, 2.05) is 0 Å². The van der Waals surface area contributed by atoms with Crippen molar-refractivity contribution in [2.45, 2.75) is 88.9 Å². The first-order valence-corrected chi connectivity index (χ1v) is 13.8. The Morgan fingerprint density at radius 1 is 0.611 bits per heavy atom. The Morgan fingerprint density at radius 3 is 1.17 bits per heavy atom. The minimum atomic E-state index is -1.74. The van der Waals surface area contributed by atoms with E-state index in [1.54, 1.807) is 15.8 Å². The number of hydrogen-bond donors (Lipinski definition) is 0. The predicted octanol–water partition coefficient (Wildman–Crippen LogP) is 5.67. The summed E-state index contributed by atoms with van der Waals surface area (Å²) in [5, 5.41) is 4.79. The molecule has 0 unspecified atom stereocenters. The average molecular weight is 316 g/mol. The summed E-state index contributed by atoms with van der Waals surface area (Å²) in [7, 11) is 0. The van der Waals surface area contributed by atoms with Gasteiger partial charge in [0.2, 0.25) is 0 Å². The molecule has 0 aromatic carbocycles. The molecule has 0 aliphatic carbocycles. The molecule has 0 saturated carbocycles. The topological polar surface area (TPSA) is 3.24 Å². The fraction of sp³-hybridized carbons (Fsp3) is 1.00. The Balaban J connectivity index is 4.82. The van der Waals surface area contributed by atoms with Gasteiger partial charge in [-0.25, -0.2) is 0 Å². The Bertz CT molecular complexity index is 156. The monoisotopic (exact) mass is 317 g/mol. The molecular formula is C16H37GeN. The molecule has 18 heavy (non-hydrogen) atoms. The molecule has 0 aliphatic rings. The number of unbranched alkanes of at least 4 members (excludes halogenated alkanes) is 3. The van der Waals surface area contributed by atoms with Crippen LogP contribution in [-0.4, -0.2) is 30.4 Å². The van der Waals surface area contributed by atoms with E-state index in [0.29, 0.717) is 0 Å². The van der Waals surface area contributed by atoms with Gasteiger partial charge in [-0.1, -0.05) is 0 Å². The molecule has 2 heteroatoms. The van der Waals surface area contributed by atoms with E-state index in [9.17, 15) is 0 Å². The third-order valence-electron chi connectivity index (χ3n) is 4.42. The first-order chi connectivity index (χ1) is 8.70. The summed E-state index contributed by atoms with van der Waals surface area (Å²) in [4.78, 5) is 0. The molecule has 0 amide bonds. The van der Waals surface area contributed by atoms with Gasteiger partial charge >= 0.3 is 119 Å². The molecule has 1 nitrogen and oxygen atoms in total. The van der Waals surface area contributed by atoms with Gasteiger partial charge in [0.15, 0.2) is 0 Å². The van der Waals surface area contributed by atoms with E-state index in [0.717, 1.165) is 0 Å². The first kappa shape index (κ1) is 18.5. The second-order valence-corrected chi connectivity index (χ2v) is 15.3. The molecule has 0 bridgehead atoms. The molecule has 0 atom stereocenters. The average Bonchev–Trinajstić information content (AvgIpc) is 2.41. The number of hydrogen-bond acceptors (Lipinski definition) is 1. The number of rotatable bonds is 12. The molecule has 0 heterocycles. The minimum absolute atomic E-state index is 1.30. The molecule has 0 radical (unpaired) electrons. The van der Waals surface area contributed by atoms with E-state index < -0.39 is 13.5 Å². The van der Waals surface area contributed by atoms with Crippen LogP contribution in [0.5, 0.6) is 0 Å². The quantitative estimate of drug-likeness (QED) is 0.419. The van der Waals surface area contributed by atoms with Gasteiger partial charge in [-0.05, 0) is 0 Å². The SMILES string of the molecule is CCC[CH2][Ge]([CH2]CCC)([CH2]CCC)[N](CC)CC. The van der Waals surface area contributed by atoms with Crippen LogP contribution < -0.4 is 0 Å². The van der Waals surface area contributed by atoms with E-state index in [1.165, 1.54) is 51.6 Å². The maximum atomic E-state index is 2.95. The van der Waals surface area contributed by atoms with Gasteiger partial charge in [0.1, 0.15) is 0 Å². The summed E-state index contributed by atoms with van der Waals surface area (Å²) in [6, 6.07) is 0. The Labute approximate surface area is 119 Å². The molecule has 0 N–H and O–H groups in total. The van der Waals surface area contributed by atoms with E-state index in [-0.39, 0.29) is 0 Å². The molecular weight excluding hydrogens is 279 g/mol. The van der Waals surface area contributed by atoms with Crippen LogP contribution in [0.1, 0.15) is 73.1 Å². The second kappa shape index (κ2) is 11.3. The van der Waals surface area contributed by atoms with Gasteiger partial charge in [-0.15, -0.1) is 0 Å². The van der Waals surface area contributed by atoms with Crippen molar-refractivity contribution < 1.29 is 0 Å². The zero-order valence-electron chi connectivity index (χ0n) is 13.7. The van der Waals surface area contributed by atoms with Crippen LogP contribution in [0.2, 0.25) is 15.8 Å². The summed E-state index contributed by atoms with van der Waals surface area (Å²) >= 11 is -1.74. The second-order valence-electron chi connectivity index (χ2n) is 5.71. The third kappa shape index (κ3) is 6.10. The van der Waals surface area contributed by atoms with Crippen LogP contribution in [0.15, 0.2) is 0 Å². The summed E-state index contributed by atoms with van der Waals surface area (Å²) in [5.41, 5.74) is 0. The zero-order chi connectivity index (χ0) is 13.9. The van der Waals surface area contributed by atoms with Crippen LogP contribution in [0.3, 0.4) is 0 Å². The van der Waals surface area contributed by atoms with Crippen molar-refractivity contribution in [1.29, 1.82) is 0 Å². The molecule has 0 fully saturated rings. The van der Waals surface area contributed by atoms with Gasteiger partial charge in [-0.3, -0.25) is 0 Å². The van der Waals surface area contributed by atoms with E-state index >= 15 is 0 Å².